The highest BCUT2D eigenvalue weighted by atomic mass is 79.9. The number of rotatable bonds is 2. The van der Waals surface area contributed by atoms with Crippen molar-refractivity contribution in [3.63, 3.8) is 0 Å². The molecule has 0 radical (unpaired) electrons. The molecular formula is C14H10BrN3O2. The topological polar surface area (TPSA) is 84.9 Å². The standard InChI is InChI=1S/C14H10BrN3O2/c15-9-5-2-1-4-8(9)12-13(18-20-14(12)16)10-6-3-7-11(19)17-10/h1-7H,16H2,(H,17,19). The number of halogens is 1. The molecule has 0 unspecified atom stereocenters. The average Bonchev–Trinajstić information content (AvgIpc) is 2.81. The molecule has 1 aromatic carbocycles. The largest absolute Gasteiger partial charge is 0.367 e. The van der Waals surface area contributed by atoms with Crippen LogP contribution in [0.2, 0.25) is 0 Å². The minimum absolute atomic E-state index is 0.205. The minimum atomic E-state index is -0.206. The number of anilines is 1. The molecule has 0 spiro atoms. The van der Waals surface area contributed by atoms with Gasteiger partial charge in [0.05, 0.1) is 11.3 Å². The van der Waals surface area contributed by atoms with Gasteiger partial charge in [0.2, 0.25) is 11.4 Å². The first kappa shape index (κ1) is 12.7. The van der Waals surface area contributed by atoms with Crippen LogP contribution in [-0.2, 0) is 0 Å². The molecule has 5 nitrogen and oxygen atoms in total. The number of aromatic nitrogens is 2. The molecule has 0 saturated carbocycles. The molecule has 0 aliphatic heterocycles. The Morgan fingerprint density at radius 3 is 2.70 bits per heavy atom. The third kappa shape index (κ3) is 2.14. The van der Waals surface area contributed by atoms with E-state index in [2.05, 4.69) is 26.1 Å². The molecule has 100 valence electrons. The van der Waals surface area contributed by atoms with Crippen LogP contribution in [0.1, 0.15) is 0 Å². The van der Waals surface area contributed by atoms with Crippen LogP contribution in [0.3, 0.4) is 0 Å². The third-order valence-corrected chi connectivity index (χ3v) is 3.58. The third-order valence-electron chi connectivity index (χ3n) is 2.89. The number of nitrogen functional groups attached to an aromatic ring is 1. The summed E-state index contributed by atoms with van der Waals surface area (Å²) in [5, 5.41) is 3.95. The fourth-order valence-electron chi connectivity index (χ4n) is 2.00. The van der Waals surface area contributed by atoms with E-state index in [4.69, 9.17) is 10.3 Å². The van der Waals surface area contributed by atoms with Crippen molar-refractivity contribution in [1.29, 1.82) is 0 Å². The van der Waals surface area contributed by atoms with Crippen molar-refractivity contribution in [3.05, 3.63) is 57.3 Å². The number of nitrogens with one attached hydrogen (secondary N) is 1. The molecule has 2 aromatic heterocycles. The Balaban J connectivity index is 2.26. The van der Waals surface area contributed by atoms with Gasteiger partial charge in [0.15, 0.2) is 0 Å². The van der Waals surface area contributed by atoms with Crippen molar-refractivity contribution < 1.29 is 4.52 Å². The predicted molar refractivity (Wildman–Crippen MR) is 80.1 cm³/mol. The zero-order valence-corrected chi connectivity index (χ0v) is 11.8. The van der Waals surface area contributed by atoms with E-state index in [-0.39, 0.29) is 11.4 Å². The maximum Gasteiger partial charge on any atom is 0.248 e. The molecule has 0 aliphatic carbocycles. The molecule has 2 heterocycles. The summed E-state index contributed by atoms with van der Waals surface area (Å²) in [6.07, 6.45) is 0. The fourth-order valence-corrected chi connectivity index (χ4v) is 2.48. The fraction of sp³-hybridized carbons (Fsp3) is 0. The highest BCUT2D eigenvalue weighted by Gasteiger charge is 2.19. The van der Waals surface area contributed by atoms with Gasteiger partial charge in [-0.05, 0) is 12.1 Å². The Morgan fingerprint density at radius 2 is 1.95 bits per heavy atom. The molecule has 3 rings (SSSR count). The van der Waals surface area contributed by atoms with Crippen molar-refractivity contribution in [2.75, 3.05) is 5.73 Å². The Bertz CT molecular complexity index is 823. The van der Waals surface area contributed by atoms with Crippen molar-refractivity contribution in [2.24, 2.45) is 0 Å². The minimum Gasteiger partial charge on any atom is -0.367 e. The lowest BCUT2D eigenvalue weighted by Gasteiger charge is -2.04. The van der Waals surface area contributed by atoms with E-state index in [9.17, 15) is 4.79 Å². The molecule has 0 saturated heterocycles. The van der Waals surface area contributed by atoms with Crippen LogP contribution in [0.15, 0.2) is 56.3 Å². The molecule has 20 heavy (non-hydrogen) atoms. The lowest BCUT2D eigenvalue weighted by molar-refractivity contribution is 0.439. The Kier molecular flexibility index (Phi) is 3.15. The van der Waals surface area contributed by atoms with Gasteiger partial charge in [-0.2, -0.15) is 0 Å². The summed E-state index contributed by atoms with van der Waals surface area (Å²) in [5.41, 5.74) is 8.24. The first-order chi connectivity index (χ1) is 9.66. The summed E-state index contributed by atoms with van der Waals surface area (Å²) in [6, 6.07) is 12.4. The maximum atomic E-state index is 11.4. The van der Waals surface area contributed by atoms with Crippen LogP contribution >= 0.6 is 15.9 Å². The summed E-state index contributed by atoms with van der Waals surface area (Å²) in [5.74, 6) is 0.205. The zero-order valence-electron chi connectivity index (χ0n) is 10.3. The number of pyridine rings is 1. The summed E-state index contributed by atoms with van der Waals surface area (Å²) in [7, 11) is 0. The number of hydrogen-bond donors (Lipinski definition) is 2. The second kappa shape index (κ2) is 4.97. The molecule has 0 bridgehead atoms. The SMILES string of the molecule is Nc1onc(-c2cccc(=O)[nH]2)c1-c1ccccc1Br. The molecule has 0 amide bonds. The Hall–Kier alpha value is -2.34. The van der Waals surface area contributed by atoms with Crippen LogP contribution in [0, 0.1) is 0 Å². The second-order valence-corrected chi connectivity index (χ2v) is 5.03. The summed E-state index contributed by atoms with van der Waals surface area (Å²) in [4.78, 5) is 14.1. The monoisotopic (exact) mass is 331 g/mol. The summed E-state index contributed by atoms with van der Waals surface area (Å²) in [6.45, 7) is 0. The van der Waals surface area contributed by atoms with Crippen LogP contribution in [0.25, 0.3) is 22.5 Å². The van der Waals surface area contributed by atoms with E-state index >= 15 is 0 Å². The van der Waals surface area contributed by atoms with Gasteiger partial charge in [-0.25, -0.2) is 0 Å². The van der Waals surface area contributed by atoms with Crippen LogP contribution in [-0.4, -0.2) is 10.1 Å². The van der Waals surface area contributed by atoms with E-state index in [0.717, 1.165) is 10.0 Å². The van der Waals surface area contributed by atoms with Gasteiger partial charge < -0.3 is 15.2 Å². The first-order valence-electron chi connectivity index (χ1n) is 5.86. The van der Waals surface area contributed by atoms with Crippen molar-refractivity contribution in [2.45, 2.75) is 0 Å². The molecule has 3 N–H and O–H groups in total. The molecule has 0 aliphatic rings. The maximum absolute atomic E-state index is 11.4. The van der Waals surface area contributed by atoms with Crippen LogP contribution in [0.5, 0.6) is 0 Å². The Labute approximate surface area is 122 Å². The summed E-state index contributed by atoms with van der Waals surface area (Å²) >= 11 is 3.48. The lowest BCUT2D eigenvalue weighted by atomic mass is 10.0. The van der Waals surface area contributed by atoms with Gasteiger partial charge in [0.1, 0.15) is 5.69 Å². The first-order valence-corrected chi connectivity index (χ1v) is 6.66. The van der Waals surface area contributed by atoms with Crippen molar-refractivity contribution in [1.82, 2.24) is 10.1 Å². The molecule has 0 fully saturated rings. The smallest absolute Gasteiger partial charge is 0.248 e. The number of H-pyrrole nitrogens is 1. The number of benzene rings is 1. The average molecular weight is 332 g/mol. The normalized spacial score (nSPS) is 10.7. The molecular weight excluding hydrogens is 322 g/mol. The second-order valence-electron chi connectivity index (χ2n) is 4.18. The van der Waals surface area contributed by atoms with Crippen molar-refractivity contribution >= 4 is 21.8 Å². The lowest BCUT2D eigenvalue weighted by Crippen LogP contribution is -2.04. The van der Waals surface area contributed by atoms with Crippen molar-refractivity contribution in [3.8, 4) is 22.5 Å². The van der Waals surface area contributed by atoms with Gasteiger partial charge in [-0.3, -0.25) is 4.79 Å². The van der Waals surface area contributed by atoms with E-state index in [1.807, 2.05) is 24.3 Å². The van der Waals surface area contributed by atoms with E-state index < -0.39 is 0 Å². The zero-order chi connectivity index (χ0) is 14.1. The number of nitrogens with two attached hydrogens (primary N) is 1. The number of nitrogens with zero attached hydrogens (tertiary/aromatic N) is 1. The van der Waals surface area contributed by atoms with Gasteiger partial charge >= 0.3 is 0 Å². The number of aromatic amines is 1. The van der Waals surface area contributed by atoms with E-state index in [1.165, 1.54) is 6.07 Å². The predicted octanol–water partition coefficient (Wildman–Crippen LogP) is 3.04. The van der Waals surface area contributed by atoms with Gasteiger partial charge in [0.25, 0.3) is 0 Å². The molecule has 3 aromatic rings. The molecule has 0 atom stereocenters. The van der Waals surface area contributed by atoms with E-state index in [0.29, 0.717) is 17.0 Å². The van der Waals surface area contributed by atoms with Gasteiger partial charge in [-0.15, -0.1) is 0 Å². The quantitative estimate of drug-likeness (QED) is 0.755. The molecule has 6 heteroatoms. The number of hydrogen-bond acceptors (Lipinski definition) is 4. The van der Waals surface area contributed by atoms with Gasteiger partial charge in [-0.1, -0.05) is 45.4 Å². The highest BCUT2D eigenvalue weighted by Crippen LogP contribution is 2.38. The highest BCUT2D eigenvalue weighted by molar-refractivity contribution is 9.10. The van der Waals surface area contributed by atoms with Gasteiger partial charge in [0, 0.05) is 16.1 Å². The van der Waals surface area contributed by atoms with Crippen LogP contribution in [0.4, 0.5) is 5.88 Å². The Morgan fingerprint density at radius 1 is 1.15 bits per heavy atom. The summed E-state index contributed by atoms with van der Waals surface area (Å²) < 4.78 is 5.95. The van der Waals surface area contributed by atoms with Crippen LogP contribution < -0.4 is 11.3 Å². The van der Waals surface area contributed by atoms with E-state index in [1.54, 1.807) is 12.1 Å².